The van der Waals surface area contributed by atoms with Gasteiger partial charge >= 0.3 is 0 Å². The zero-order valence-electron chi connectivity index (χ0n) is 21.1. The average molecular weight is 425 g/mol. The molecule has 0 rings (SSSR count). The highest BCUT2D eigenvalue weighted by molar-refractivity contribution is 5.76. The lowest BCUT2D eigenvalue weighted by Crippen LogP contribution is -2.24. The summed E-state index contributed by atoms with van der Waals surface area (Å²) in [5.41, 5.74) is 0.800. The topological polar surface area (TPSA) is 58.2 Å². The van der Waals surface area contributed by atoms with Crippen molar-refractivity contribution >= 4 is 11.8 Å². The normalized spacial score (nSPS) is 12.1. The Morgan fingerprint density at radius 2 is 0.833 bits per heavy atom. The molecule has 30 heavy (non-hydrogen) atoms. The molecule has 0 aromatic heterocycles. The number of unbranched alkanes of at least 4 members (excludes halogenated alkanes) is 7. The highest BCUT2D eigenvalue weighted by Gasteiger charge is 2.10. The number of rotatable bonds is 17. The van der Waals surface area contributed by atoms with Crippen LogP contribution in [0.1, 0.15) is 131 Å². The highest BCUT2D eigenvalue weighted by Crippen LogP contribution is 2.23. The van der Waals surface area contributed by atoms with E-state index in [2.05, 4.69) is 52.2 Å². The predicted molar refractivity (Wildman–Crippen MR) is 130 cm³/mol. The van der Waals surface area contributed by atoms with Gasteiger partial charge in [0.25, 0.3) is 0 Å². The van der Waals surface area contributed by atoms with E-state index < -0.39 is 0 Å². The van der Waals surface area contributed by atoms with Crippen molar-refractivity contribution in [3.05, 3.63) is 0 Å². The molecule has 0 aromatic rings. The summed E-state index contributed by atoms with van der Waals surface area (Å²) < 4.78 is 0. The Bertz CT molecular complexity index is 405. The number of hydrogen-bond donors (Lipinski definition) is 2. The molecule has 0 spiro atoms. The van der Waals surface area contributed by atoms with Crippen LogP contribution in [0.2, 0.25) is 0 Å². The van der Waals surface area contributed by atoms with E-state index in [0.717, 1.165) is 64.5 Å². The molecule has 0 aliphatic carbocycles. The Labute approximate surface area is 187 Å². The second kappa shape index (κ2) is 16.6. The van der Waals surface area contributed by atoms with Crippen molar-refractivity contribution in [2.45, 2.75) is 131 Å². The summed E-state index contributed by atoms with van der Waals surface area (Å²) in [6.45, 7) is 15.2. The summed E-state index contributed by atoms with van der Waals surface area (Å²) in [7, 11) is 0. The van der Waals surface area contributed by atoms with E-state index in [1.807, 2.05) is 0 Å². The van der Waals surface area contributed by atoms with Crippen molar-refractivity contribution in [3.63, 3.8) is 0 Å². The molecule has 0 aliphatic rings. The summed E-state index contributed by atoms with van der Waals surface area (Å²) in [5.74, 6) is 0.390. The van der Waals surface area contributed by atoms with Gasteiger partial charge in [0, 0.05) is 25.9 Å². The van der Waals surface area contributed by atoms with Gasteiger partial charge in [-0.25, -0.2) is 0 Å². The van der Waals surface area contributed by atoms with Crippen LogP contribution in [-0.4, -0.2) is 24.9 Å². The minimum Gasteiger partial charge on any atom is -0.356 e. The number of amides is 2. The Morgan fingerprint density at radius 1 is 0.500 bits per heavy atom. The van der Waals surface area contributed by atoms with Crippen molar-refractivity contribution in [2.24, 2.45) is 10.8 Å². The maximum Gasteiger partial charge on any atom is 0.219 e. The van der Waals surface area contributed by atoms with E-state index in [-0.39, 0.29) is 11.8 Å². The first kappa shape index (κ1) is 28.9. The van der Waals surface area contributed by atoms with Gasteiger partial charge < -0.3 is 10.6 Å². The first-order chi connectivity index (χ1) is 14.0. The molecule has 4 nitrogen and oxygen atoms in total. The lowest BCUT2D eigenvalue weighted by Gasteiger charge is -2.17. The van der Waals surface area contributed by atoms with E-state index in [4.69, 9.17) is 0 Å². The second-order valence-corrected chi connectivity index (χ2v) is 11.4. The van der Waals surface area contributed by atoms with Crippen LogP contribution in [0.15, 0.2) is 0 Å². The molecule has 0 aromatic carbocycles. The van der Waals surface area contributed by atoms with Gasteiger partial charge in [-0.1, -0.05) is 80.1 Å². The SMILES string of the molecule is CC(C)(C)CCCCCC(=O)NCCCCCCNC(=O)CCCCCC(C)(C)C. The summed E-state index contributed by atoms with van der Waals surface area (Å²) in [6.07, 6.45) is 14.8. The fourth-order valence-electron chi connectivity index (χ4n) is 3.47. The van der Waals surface area contributed by atoms with Crippen LogP contribution in [0, 0.1) is 10.8 Å². The van der Waals surface area contributed by atoms with Crippen LogP contribution in [0.5, 0.6) is 0 Å². The molecule has 0 heterocycles. The molecule has 178 valence electrons. The number of hydrogen-bond acceptors (Lipinski definition) is 2. The van der Waals surface area contributed by atoms with Gasteiger partial charge in [0.15, 0.2) is 0 Å². The Balaban J connectivity index is 3.37. The van der Waals surface area contributed by atoms with Gasteiger partial charge in [-0.15, -0.1) is 0 Å². The molecule has 0 saturated carbocycles. The van der Waals surface area contributed by atoms with Crippen LogP contribution in [0.3, 0.4) is 0 Å². The zero-order chi connectivity index (χ0) is 22.9. The van der Waals surface area contributed by atoms with Crippen LogP contribution in [0.25, 0.3) is 0 Å². The molecule has 0 saturated heterocycles. The number of nitrogens with one attached hydrogen (secondary N) is 2. The van der Waals surface area contributed by atoms with Crippen molar-refractivity contribution in [1.29, 1.82) is 0 Å². The van der Waals surface area contributed by atoms with Crippen LogP contribution in [-0.2, 0) is 9.59 Å². The first-order valence-electron chi connectivity index (χ1n) is 12.5. The highest BCUT2D eigenvalue weighted by atomic mass is 16.2. The summed E-state index contributed by atoms with van der Waals surface area (Å²) in [6, 6.07) is 0. The molecule has 2 amide bonds. The van der Waals surface area contributed by atoms with Gasteiger partial charge in [-0.3, -0.25) is 9.59 Å². The second-order valence-electron chi connectivity index (χ2n) is 11.4. The third kappa shape index (κ3) is 23.2. The minimum atomic E-state index is 0.195. The molecule has 0 bridgehead atoms. The van der Waals surface area contributed by atoms with E-state index in [1.54, 1.807) is 0 Å². The van der Waals surface area contributed by atoms with Crippen molar-refractivity contribution < 1.29 is 9.59 Å². The lowest BCUT2D eigenvalue weighted by atomic mass is 9.89. The molecule has 2 N–H and O–H groups in total. The third-order valence-corrected chi connectivity index (χ3v) is 5.41. The summed E-state index contributed by atoms with van der Waals surface area (Å²) in [4.78, 5) is 23.7. The molecule has 0 aliphatic heterocycles. The van der Waals surface area contributed by atoms with Gasteiger partial charge in [0.05, 0.1) is 0 Å². The summed E-state index contributed by atoms with van der Waals surface area (Å²) >= 11 is 0. The quantitative estimate of drug-likeness (QED) is 0.253. The number of carbonyl (C=O) groups is 2. The third-order valence-electron chi connectivity index (χ3n) is 5.41. The minimum absolute atomic E-state index is 0.195. The molecule has 0 atom stereocenters. The van der Waals surface area contributed by atoms with E-state index >= 15 is 0 Å². The first-order valence-corrected chi connectivity index (χ1v) is 12.5. The number of carbonyl (C=O) groups excluding carboxylic acids is 2. The van der Waals surface area contributed by atoms with E-state index in [9.17, 15) is 9.59 Å². The van der Waals surface area contributed by atoms with Gasteiger partial charge in [-0.2, -0.15) is 0 Å². The average Bonchev–Trinajstić information content (AvgIpc) is 2.61. The molecule has 4 heteroatoms. The largest absolute Gasteiger partial charge is 0.356 e. The Morgan fingerprint density at radius 3 is 1.17 bits per heavy atom. The van der Waals surface area contributed by atoms with Crippen molar-refractivity contribution in [1.82, 2.24) is 10.6 Å². The predicted octanol–water partition coefficient (Wildman–Crippen LogP) is 6.77. The van der Waals surface area contributed by atoms with Gasteiger partial charge in [0.2, 0.25) is 11.8 Å². The van der Waals surface area contributed by atoms with Crippen LogP contribution in [0.4, 0.5) is 0 Å². The maximum absolute atomic E-state index is 11.8. The Hall–Kier alpha value is -1.06. The molecule has 0 fully saturated rings. The maximum atomic E-state index is 11.8. The van der Waals surface area contributed by atoms with Crippen LogP contribution < -0.4 is 10.6 Å². The monoisotopic (exact) mass is 424 g/mol. The molecule has 0 unspecified atom stereocenters. The van der Waals surface area contributed by atoms with Crippen LogP contribution >= 0.6 is 0 Å². The van der Waals surface area contributed by atoms with Gasteiger partial charge in [-0.05, 0) is 49.4 Å². The lowest BCUT2D eigenvalue weighted by molar-refractivity contribution is -0.122. The van der Waals surface area contributed by atoms with Gasteiger partial charge in [0.1, 0.15) is 0 Å². The van der Waals surface area contributed by atoms with E-state index in [1.165, 1.54) is 25.7 Å². The Kier molecular flexibility index (Phi) is 16.0. The van der Waals surface area contributed by atoms with E-state index in [0.29, 0.717) is 23.7 Å². The molecular formula is C26H52N2O2. The molecule has 0 radical (unpaired) electrons. The van der Waals surface area contributed by atoms with Crippen molar-refractivity contribution in [3.8, 4) is 0 Å². The standard InChI is InChI=1S/C26H52N2O2/c1-25(2,3)19-13-9-11-17-23(29)27-21-15-7-8-16-22-28-24(30)18-12-10-14-20-26(4,5)6/h7-22H2,1-6H3,(H,27,29)(H,28,30). The van der Waals surface area contributed by atoms with Crippen molar-refractivity contribution in [2.75, 3.05) is 13.1 Å². The molecular weight excluding hydrogens is 372 g/mol. The zero-order valence-corrected chi connectivity index (χ0v) is 21.1. The smallest absolute Gasteiger partial charge is 0.219 e. The fraction of sp³-hybridized carbons (Fsp3) is 0.923. The summed E-state index contributed by atoms with van der Waals surface area (Å²) in [5, 5.41) is 6.07. The fourth-order valence-corrected chi connectivity index (χ4v) is 3.47.